The second-order valence-corrected chi connectivity index (χ2v) is 8.31. The average Bonchev–Trinajstić information content (AvgIpc) is 3.22. The number of tetrazole rings is 1. The van der Waals surface area contributed by atoms with Crippen LogP contribution in [0.1, 0.15) is 62.8 Å². The lowest BCUT2D eigenvalue weighted by Crippen LogP contribution is -2.42. The molecule has 1 aromatic carbocycles. The van der Waals surface area contributed by atoms with E-state index in [1.807, 2.05) is 0 Å². The van der Waals surface area contributed by atoms with Gasteiger partial charge in [-0.15, -0.1) is 5.10 Å². The smallest absolute Gasteiger partial charge is 0.223 e. The molecule has 4 rings (SSSR count). The van der Waals surface area contributed by atoms with Crippen molar-refractivity contribution in [2.45, 2.75) is 63.8 Å². The number of benzene rings is 1. The molecule has 0 unspecified atom stereocenters. The zero-order chi connectivity index (χ0) is 18.5. The van der Waals surface area contributed by atoms with E-state index < -0.39 is 0 Å². The summed E-state index contributed by atoms with van der Waals surface area (Å²) in [4.78, 5) is 15.2. The first-order valence-corrected chi connectivity index (χ1v) is 10.3. The van der Waals surface area contributed by atoms with E-state index in [9.17, 15) is 4.79 Å². The van der Waals surface area contributed by atoms with Crippen molar-refractivity contribution in [1.29, 1.82) is 0 Å². The van der Waals surface area contributed by atoms with Crippen molar-refractivity contribution >= 4 is 5.91 Å². The Labute approximate surface area is 160 Å². The summed E-state index contributed by atoms with van der Waals surface area (Å²) >= 11 is 0. The van der Waals surface area contributed by atoms with Gasteiger partial charge in [-0.05, 0) is 53.0 Å². The topological polar surface area (TPSA) is 63.9 Å². The minimum Gasteiger partial charge on any atom is -0.343 e. The third-order valence-electron chi connectivity index (χ3n) is 6.45. The number of likely N-dealkylation sites (tertiary alicyclic amines) is 1. The molecule has 6 heteroatoms. The molecule has 144 valence electrons. The number of piperidine rings is 1. The van der Waals surface area contributed by atoms with E-state index in [-0.39, 0.29) is 5.41 Å². The zero-order valence-electron chi connectivity index (χ0n) is 16.0. The van der Waals surface area contributed by atoms with Gasteiger partial charge in [-0.2, -0.15) is 0 Å². The molecule has 0 spiro atoms. The Kier molecular flexibility index (Phi) is 5.50. The molecule has 2 heterocycles. The van der Waals surface area contributed by atoms with E-state index in [4.69, 9.17) is 0 Å². The quantitative estimate of drug-likeness (QED) is 0.812. The van der Waals surface area contributed by atoms with Crippen LogP contribution in [-0.4, -0.2) is 44.1 Å². The van der Waals surface area contributed by atoms with Crippen LogP contribution in [0.2, 0.25) is 0 Å². The van der Waals surface area contributed by atoms with Crippen molar-refractivity contribution < 1.29 is 4.79 Å². The third kappa shape index (κ3) is 4.37. The summed E-state index contributed by atoms with van der Waals surface area (Å²) in [7, 11) is 0. The summed E-state index contributed by atoms with van der Waals surface area (Å²) < 4.78 is 1.81. The van der Waals surface area contributed by atoms with Crippen molar-refractivity contribution in [1.82, 2.24) is 25.1 Å². The Morgan fingerprint density at radius 1 is 1.07 bits per heavy atom. The standard InChI is InChI=1S/C21H29N5O/c27-20(25-13-9-19(10-14-25)18-7-3-1-4-8-18)15-21(11-5-2-6-12-21)16-26-17-22-23-24-26/h1,3-4,7-8,17,19H,2,5-6,9-16H2. The van der Waals surface area contributed by atoms with E-state index in [2.05, 4.69) is 50.8 Å². The van der Waals surface area contributed by atoms with Crippen LogP contribution in [0.5, 0.6) is 0 Å². The van der Waals surface area contributed by atoms with Gasteiger partial charge >= 0.3 is 0 Å². The fraction of sp³-hybridized carbons (Fsp3) is 0.619. The van der Waals surface area contributed by atoms with E-state index in [1.54, 1.807) is 11.0 Å². The fourth-order valence-corrected chi connectivity index (χ4v) is 4.91. The molecule has 0 bridgehead atoms. The average molecular weight is 367 g/mol. The predicted molar refractivity (Wildman–Crippen MR) is 103 cm³/mol. The van der Waals surface area contributed by atoms with Crippen molar-refractivity contribution in [3.05, 3.63) is 42.2 Å². The van der Waals surface area contributed by atoms with Crippen LogP contribution in [0.25, 0.3) is 0 Å². The normalized spacial score (nSPS) is 20.5. The lowest BCUT2D eigenvalue weighted by Gasteiger charge is -2.39. The molecule has 2 aromatic rings. The third-order valence-corrected chi connectivity index (χ3v) is 6.45. The first kappa shape index (κ1) is 18.1. The van der Waals surface area contributed by atoms with Gasteiger partial charge in [0.05, 0.1) is 6.54 Å². The highest BCUT2D eigenvalue weighted by molar-refractivity contribution is 5.77. The van der Waals surface area contributed by atoms with Crippen LogP contribution < -0.4 is 0 Å². The predicted octanol–water partition coefficient (Wildman–Crippen LogP) is 3.42. The molecule has 2 fully saturated rings. The van der Waals surface area contributed by atoms with Gasteiger partial charge in [-0.3, -0.25) is 4.79 Å². The Morgan fingerprint density at radius 2 is 1.81 bits per heavy atom. The highest BCUT2D eigenvalue weighted by Gasteiger charge is 2.37. The number of carbonyl (C=O) groups excluding carboxylic acids is 1. The van der Waals surface area contributed by atoms with Gasteiger partial charge in [-0.25, -0.2) is 4.68 Å². The number of hydrogen-bond donors (Lipinski definition) is 0. The molecule has 1 aliphatic carbocycles. The molecule has 0 N–H and O–H groups in total. The number of amides is 1. The Morgan fingerprint density at radius 3 is 2.48 bits per heavy atom. The number of rotatable bonds is 5. The second-order valence-electron chi connectivity index (χ2n) is 8.31. The lowest BCUT2D eigenvalue weighted by atomic mass is 9.71. The summed E-state index contributed by atoms with van der Waals surface area (Å²) in [5, 5.41) is 11.6. The highest BCUT2D eigenvalue weighted by atomic mass is 16.2. The Hall–Kier alpha value is -2.24. The number of aromatic nitrogens is 4. The maximum Gasteiger partial charge on any atom is 0.223 e. The molecule has 1 saturated heterocycles. The van der Waals surface area contributed by atoms with Gasteiger partial charge in [0.2, 0.25) is 5.91 Å². The van der Waals surface area contributed by atoms with Gasteiger partial charge in [0.1, 0.15) is 6.33 Å². The number of carbonyl (C=O) groups is 1. The number of nitrogens with zero attached hydrogens (tertiary/aromatic N) is 5. The minimum atomic E-state index is 0.0149. The van der Waals surface area contributed by atoms with Crippen LogP contribution in [0.3, 0.4) is 0 Å². The zero-order valence-corrected chi connectivity index (χ0v) is 16.0. The molecule has 6 nitrogen and oxygen atoms in total. The highest BCUT2D eigenvalue weighted by Crippen LogP contribution is 2.41. The van der Waals surface area contributed by atoms with Gasteiger partial charge in [0.25, 0.3) is 0 Å². The maximum absolute atomic E-state index is 13.1. The largest absolute Gasteiger partial charge is 0.343 e. The van der Waals surface area contributed by atoms with Crippen molar-refractivity contribution in [2.75, 3.05) is 13.1 Å². The monoisotopic (exact) mass is 367 g/mol. The van der Waals surface area contributed by atoms with Crippen LogP contribution in [0.15, 0.2) is 36.7 Å². The summed E-state index contributed by atoms with van der Waals surface area (Å²) in [6.07, 6.45) is 10.3. The van der Waals surface area contributed by atoms with Crippen LogP contribution in [0.4, 0.5) is 0 Å². The van der Waals surface area contributed by atoms with Gasteiger partial charge in [0.15, 0.2) is 0 Å². The van der Waals surface area contributed by atoms with E-state index >= 15 is 0 Å². The van der Waals surface area contributed by atoms with Crippen molar-refractivity contribution in [3.8, 4) is 0 Å². The summed E-state index contributed by atoms with van der Waals surface area (Å²) in [6, 6.07) is 10.7. The summed E-state index contributed by atoms with van der Waals surface area (Å²) in [6.45, 7) is 2.50. The van der Waals surface area contributed by atoms with Gasteiger partial charge < -0.3 is 4.90 Å². The summed E-state index contributed by atoms with van der Waals surface area (Å²) in [5.74, 6) is 0.900. The van der Waals surface area contributed by atoms with Crippen LogP contribution in [-0.2, 0) is 11.3 Å². The fourth-order valence-electron chi connectivity index (χ4n) is 4.91. The molecule has 0 radical (unpaired) electrons. The SMILES string of the molecule is O=C(CC1(Cn2cnnn2)CCCCC1)N1CCC(c2ccccc2)CC1. The van der Waals surface area contributed by atoms with Crippen LogP contribution in [0, 0.1) is 5.41 Å². The Balaban J connectivity index is 1.37. The molecule has 0 atom stereocenters. The van der Waals surface area contributed by atoms with Gasteiger partial charge in [0, 0.05) is 19.5 Å². The van der Waals surface area contributed by atoms with Crippen LogP contribution >= 0.6 is 0 Å². The molecule has 1 aromatic heterocycles. The first-order chi connectivity index (χ1) is 13.2. The van der Waals surface area contributed by atoms with E-state index in [0.717, 1.165) is 45.3 Å². The molecule has 1 amide bonds. The molecule has 1 aliphatic heterocycles. The lowest BCUT2D eigenvalue weighted by molar-refractivity contribution is -0.135. The Bertz CT molecular complexity index is 716. The van der Waals surface area contributed by atoms with Gasteiger partial charge in [-0.1, -0.05) is 49.6 Å². The first-order valence-electron chi connectivity index (χ1n) is 10.3. The molecule has 27 heavy (non-hydrogen) atoms. The number of hydrogen-bond acceptors (Lipinski definition) is 4. The second kappa shape index (κ2) is 8.19. The molecular weight excluding hydrogens is 338 g/mol. The van der Waals surface area contributed by atoms with E-state index in [0.29, 0.717) is 18.2 Å². The van der Waals surface area contributed by atoms with Crippen molar-refractivity contribution in [3.63, 3.8) is 0 Å². The maximum atomic E-state index is 13.1. The molecule has 2 aliphatic rings. The van der Waals surface area contributed by atoms with E-state index in [1.165, 1.54) is 24.8 Å². The van der Waals surface area contributed by atoms with Crippen molar-refractivity contribution in [2.24, 2.45) is 5.41 Å². The molecular formula is C21H29N5O. The molecule has 1 saturated carbocycles. The minimum absolute atomic E-state index is 0.0149. The summed E-state index contributed by atoms with van der Waals surface area (Å²) in [5.41, 5.74) is 1.42.